The molecule has 0 aliphatic heterocycles. The molecule has 0 radical (unpaired) electrons. The van der Waals surface area contributed by atoms with Crippen LogP contribution in [0.3, 0.4) is 0 Å². The van der Waals surface area contributed by atoms with E-state index in [1.165, 1.54) is 43.4 Å². The topological polar surface area (TPSA) is 41.1 Å². The van der Waals surface area contributed by atoms with Crippen molar-refractivity contribution < 1.29 is 4.79 Å². The molecule has 5 heteroatoms. The predicted octanol–water partition coefficient (Wildman–Crippen LogP) is 3.45. The molecule has 0 saturated heterocycles. The summed E-state index contributed by atoms with van der Waals surface area (Å²) in [7, 11) is 0. The summed E-state index contributed by atoms with van der Waals surface area (Å²) >= 11 is 1.70. The van der Waals surface area contributed by atoms with Crippen molar-refractivity contribution >= 4 is 29.7 Å². The molecule has 0 bridgehead atoms. The number of amides is 1. The second-order valence-corrected chi connectivity index (χ2v) is 7.05. The monoisotopic (exact) mass is 330 g/mol. The average Bonchev–Trinajstić information content (AvgIpc) is 2.67. The maximum Gasteiger partial charge on any atom is 0.225 e. The van der Waals surface area contributed by atoms with Gasteiger partial charge in [0.05, 0.1) is 6.42 Å². The number of nitrogens with one attached hydrogen (secondary N) is 2. The van der Waals surface area contributed by atoms with E-state index < -0.39 is 0 Å². The highest BCUT2D eigenvalue weighted by Gasteiger charge is 2.11. The van der Waals surface area contributed by atoms with E-state index in [-0.39, 0.29) is 18.3 Å². The van der Waals surface area contributed by atoms with Crippen LogP contribution in [0.1, 0.15) is 48.3 Å². The smallest absolute Gasteiger partial charge is 0.225 e. The van der Waals surface area contributed by atoms with E-state index in [9.17, 15) is 4.79 Å². The second kappa shape index (κ2) is 10.2. The van der Waals surface area contributed by atoms with E-state index in [2.05, 4.69) is 23.6 Å². The molecule has 3 nitrogen and oxygen atoms in total. The SMILES string of the molecule is Cc1ccc(CC(=O)NCCNC2CCCCCC2)s1.Cl. The summed E-state index contributed by atoms with van der Waals surface area (Å²) in [6.45, 7) is 3.70. The molecule has 1 aromatic heterocycles. The zero-order valence-electron chi connectivity index (χ0n) is 12.8. The number of aryl methyl sites for hydroxylation is 1. The standard InChI is InChI=1S/C16H26N2OS.ClH/c1-13-8-9-15(20-13)12-16(19)18-11-10-17-14-6-4-2-3-5-7-14;/h8-9,14,17H,2-7,10-12H2,1H3,(H,18,19);1H. The van der Waals surface area contributed by atoms with E-state index in [4.69, 9.17) is 0 Å². The number of halogens is 1. The van der Waals surface area contributed by atoms with Gasteiger partial charge in [-0.2, -0.15) is 0 Å². The minimum absolute atomic E-state index is 0. The van der Waals surface area contributed by atoms with E-state index >= 15 is 0 Å². The van der Waals surface area contributed by atoms with Crippen LogP contribution in [0, 0.1) is 6.92 Å². The first-order valence-electron chi connectivity index (χ1n) is 7.79. The summed E-state index contributed by atoms with van der Waals surface area (Å²) in [6.07, 6.45) is 8.57. The lowest BCUT2D eigenvalue weighted by molar-refractivity contribution is -0.120. The molecule has 120 valence electrons. The quantitative estimate of drug-likeness (QED) is 0.619. The van der Waals surface area contributed by atoms with Crippen molar-refractivity contribution in [3.63, 3.8) is 0 Å². The van der Waals surface area contributed by atoms with Gasteiger partial charge in [0.2, 0.25) is 5.91 Å². The Morgan fingerprint density at radius 3 is 2.52 bits per heavy atom. The van der Waals surface area contributed by atoms with Gasteiger partial charge in [0.15, 0.2) is 0 Å². The average molecular weight is 331 g/mol. The Balaban J connectivity index is 0.00000220. The number of rotatable bonds is 6. The Bertz CT molecular complexity index is 414. The van der Waals surface area contributed by atoms with E-state index in [1.807, 2.05) is 6.07 Å². The van der Waals surface area contributed by atoms with E-state index in [0.29, 0.717) is 12.5 Å². The maximum atomic E-state index is 11.8. The number of thiophene rings is 1. The minimum atomic E-state index is 0. The predicted molar refractivity (Wildman–Crippen MR) is 92.5 cm³/mol. The number of carbonyl (C=O) groups excluding carboxylic acids is 1. The van der Waals surface area contributed by atoms with Crippen molar-refractivity contribution in [3.8, 4) is 0 Å². The fourth-order valence-electron chi connectivity index (χ4n) is 2.76. The van der Waals surface area contributed by atoms with Crippen molar-refractivity contribution in [1.82, 2.24) is 10.6 Å². The van der Waals surface area contributed by atoms with Crippen LogP contribution >= 0.6 is 23.7 Å². The molecule has 1 aliphatic rings. The molecule has 0 atom stereocenters. The minimum Gasteiger partial charge on any atom is -0.355 e. The summed E-state index contributed by atoms with van der Waals surface area (Å²) in [5.74, 6) is 0.134. The molecule has 2 rings (SSSR count). The Kier molecular flexibility index (Phi) is 8.97. The largest absolute Gasteiger partial charge is 0.355 e. The third kappa shape index (κ3) is 7.30. The Labute approximate surface area is 138 Å². The summed E-state index contributed by atoms with van der Waals surface area (Å²) in [4.78, 5) is 14.2. The molecular weight excluding hydrogens is 304 g/mol. The lowest BCUT2D eigenvalue weighted by atomic mass is 10.1. The zero-order valence-corrected chi connectivity index (χ0v) is 14.5. The van der Waals surface area contributed by atoms with Crippen LogP contribution < -0.4 is 10.6 Å². The van der Waals surface area contributed by atoms with Gasteiger partial charge in [-0.1, -0.05) is 25.7 Å². The van der Waals surface area contributed by atoms with Crippen molar-refractivity contribution in [2.75, 3.05) is 13.1 Å². The van der Waals surface area contributed by atoms with Gasteiger partial charge in [0, 0.05) is 28.9 Å². The van der Waals surface area contributed by atoms with Gasteiger partial charge in [-0.3, -0.25) is 4.79 Å². The molecule has 1 aliphatic carbocycles. The Hall–Kier alpha value is -0.580. The molecular formula is C16H27ClN2OS. The third-order valence-corrected chi connectivity index (χ3v) is 4.87. The van der Waals surface area contributed by atoms with Gasteiger partial charge < -0.3 is 10.6 Å². The van der Waals surface area contributed by atoms with Crippen LogP contribution in [0.15, 0.2) is 12.1 Å². The van der Waals surface area contributed by atoms with Gasteiger partial charge >= 0.3 is 0 Å². The lowest BCUT2D eigenvalue weighted by Gasteiger charge is -2.16. The van der Waals surface area contributed by atoms with Crippen molar-refractivity contribution in [1.29, 1.82) is 0 Å². The van der Waals surface area contributed by atoms with Crippen LogP contribution in [0.4, 0.5) is 0 Å². The van der Waals surface area contributed by atoms with E-state index in [1.54, 1.807) is 11.3 Å². The number of carbonyl (C=O) groups is 1. The molecule has 1 heterocycles. The fourth-order valence-corrected chi connectivity index (χ4v) is 3.65. The van der Waals surface area contributed by atoms with Crippen LogP contribution in [-0.4, -0.2) is 25.0 Å². The first-order chi connectivity index (χ1) is 9.74. The van der Waals surface area contributed by atoms with Gasteiger partial charge in [-0.25, -0.2) is 0 Å². The molecule has 0 aromatic carbocycles. The first-order valence-corrected chi connectivity index (χ1v) is 8.61. The number of hydrogen-bond donors (Lipinski definition) is 2. The van der Waals surface area contributed by atoms with Crippen molar-refractivity contribution in [2.45, 2.75) is 57.9 Å². The molecule has 2 N–H and O–H groups in total. The summed E-state index contributed by atoms with van der Waals surface area (Å²) in [6, 6.07) is 4.78. The van der Waals surface area contributed by atoms with Gasteiger partial charge in [0.25, 0.3) is 0 Å². The highest BCUT2D eigenvalue weighted by molar-refractivity contribution is 7.12. The Morgan fingerprint density at radius 1 is 1.19 bits per heavy atom. The van der Waals surface area contributed by atoms with Gasteiger partial charge in [-0.15, -0.1) is 23.7 Å². The molecule has 1 fully saturated rings. The maximum absolute atomic E-state index is 11.8. The normalized spacial score (nSPS) is 16.0. The number of hydrogen-bond acceptors (Lipinski definition) is 3. The molecule has 1 saturated carbocycles. The Morgan fingerprint density at radius 2 is 1.90 bits per heavy atom. The molecule has 1 amide bonds. The summed E-state index contributed by atoms with van der Waals surface area (Å²) < 4.78 is 0. The molecule has 1 aromatic rings. The third-order valence-electron chi connectivity index (χ3n) is 3.87. The molecule has 21 heavy (non-hydrogen) atoms. The van der Waals surface area contributed by atoms with Crippen LogP contribution in [0.5, 0.6) is 0 Å². The van der Waals surface area contributed by atoms with Gasteiger partial charge in [-0.05, 0) is 31.9 Å². The van der Waals surface area contributed by atoms with E-state index in [0.717, 1.165) is 18.0 Å². The summed E-state index contributed by atoms with van der Waals surface area (Å²) in [5.41, 5.74) is 0. The lowest BCUT2D eigenvalue weighted by Crippen LogP contribution is -2.37. The highest BCUT2D eigenvalue weighted by atomic mass is 35.5. The molecule has 0 unspecified atom stereocenters. The van der Waals surface area contributed by atoms with Crippen LogP contribution in [0.2, 0.25) is 0 Å². The zero-order chi connectivity index (χ0) is 14.2. The van der Waals surface area contributed by atoms with Crippen LogP contribution in [-0.2, 0) is 11.2 Å². The van der Waals surface area contributed by atoms with Crippen molar-refractivity contribution in [3.05, 3.63) is 21.9 Å². The van der Waals surface area contributed by atoms with Gasteiger partial charge in [0.1, 0.15) is 0 Å². The first kappa shape index (κ1) is 18.5. The highest BCUT2D eigenvalue weighted by Crippen LogP contribution is 2.17. The van der Waals surface area contributed by atoms with Crippen molar-refractivity contribution in [2.24, 2.45) is 0 Å². The summed E-state index contributed by atoms with van der Waals surface area (Å²) in [5, 5.41) is 6.57. The second-order valence-electron chi connectivity index (χ2n) is 5.68. The van der Waals surface area contributed by atoms with Crippen LogP contribution in [0.25, 0.3) is 0 Å². The molecule has 0 spiro atoms. The fraction of sp³-hybridized carbons (Fsp3) is 0.688.